The first-order valence-electron chi connectivity index (χ1n) is 12.1. The van der Waals surface area contributed by atoms with E-state index in [1.54, 1.807) is 0 Å². The minimum Gasteiger partial charge on any atom is -0.458 e. The standard InChI is InChI=1S/C26H33NO5S/c1-25-13-11-18(28)15-17(25)5-8-20-21-9-10-23(26(21,2)14-12-22(20)25)32-24(29)16-3-6-19(7-4-16)33(27,30)31/h3-4,6-7,15,20-23H,5,8-14H2,1-2H3,(H2,27,30,31)/t20?,21?,22?,23-,25-,26-/m0/s1. The van der Waals surface area contributed by atoms with Gasteiger partial charge in [-0.15, -0.1) is 0 Å². The molecule has 2 N–H and O–H groups in total. The van der Waals surface area contributed by atoms with Gasteiger partial charge < -0.3 is 4.74 Å². The molecule has 7 heteroatoms. The van der Waals surface area contributed by atoms with Gasteiger partial charge in [0.25, 0.3) is 0 Å². The quantitative estimate of drug-likeness (QED) is 0.659. The van der Waals surface area contributed by atoms with E-state index in [0.717, 1.165) is 44.9 Å². The summed E-state index contributed by atoms with van der Waals surface area (Å²) in [6, 6.07) is 5.62. The number of carbonyl (C=O) groups excluding carboxylic acids is 2. The van der Waals surface area contributed by atoms with Crippen molar-refractivity contribution >= 4 is 21.8 Å². The van der Waals surface area contributed by atoms with E-state index < -0.39 is 16.0 Å². The van der Waals surface area contributed by atoms with Crippen LogP contribution in [0.3, 0.4) is 0 Å². The van der Waals surface area contributed by atoms with Crippen LogP contribution in [0.15, 0.2) is 40.8 Å². The maximum atomic E-state index is 12.9. The molecule has 0 saturated heterocycles. The summed E-state index contributed by atoms with van der Waals surface area (Å²) in [4.78, 5) is 24.9. The number of primary sulfonamides is 1. The van der Waals surface area contributed by atoms with Crippen LogP contribution >= 0.6 is 0 Å². The number of ketones is 1. The molecular weight excluding hydrogens is 438 g/mol. The Balaban J connectivity index is 1.33. The van der Waals surface area contributed by atoms with Gasteiger partial charge in [0.05, 0.1) is 10.5 Å². The summed E-state index contributed by atoms with van der Waals surface area (Å²) in [6.45, 7) is 4.67. The minimum absolute atomic E-state index is 0.0195. The van der Waals surface area contributed by atoms with Gasteiger partial charge in [-0.3, -0.25) is 4.79 Å². The van der Waals surface area contributed by atoms with Crippen molar-refractivity contribution in [3.63, 3.8) is 0 Å². The summed E-state index contributed by atoms with van der Waals surface area (Å²) in [7, 11) is -3.80. The van der Waals surface area contributed by atoms with Crippen LogP contribution in [-0.4, -0.2) is 26.3 Å². The Morgan fingerprint density at radius 3 is 2.42 bits per heavy atom. The number of sulfonamides is 1. The van der Waals surface area contributed by atoms with Gasteiger partial charge in [0.1, 0.15) is 6.10 Å². The van der Waals surface area contributed by atoms with Gasteiger partial charge in [-0.05, 0) is 98.5 Å². The first-order valence-corrected chi connectivity index (χ1v) is 13.6. The summed E-state index contributed by atoms with van der Waals surface area (Å²) in [5.74, 6) is 1.61. The van der Waals surface area contributed by atoms with Crippen molar-refractivity contribution in [3.05, 3.63) is 41.5 Å². The van der Waals surface area contributed by atoms with Gasteiger partial charge in [-0.2, -0.15) is 0 Å². The average Bonchev–Trinajstić information content (AvgIpc) is 3.10. The van der Waals surface area contributed by atoms with E-state index in [-0.39, 0.29) is 27.6 Å². The molecule has 3 fully saturated rings. The number of hydrogen-bond acceptors (Lipinski definition) is 5. The molecule has 33 heavy (non-hydrogen) atoms. The molecule has 0 heterocycles. The van der Waals surface area contributed by atoms with Gasteiger partial charge in [-0.25, -0.2) is 18.4 Å². The predicted molar refractivity (Wildman–Crippen MR) is 124 cm³/mol. The Kier molecular flexibility index (Phi) is 5.37. The molecule has 3 unspecified atom stereocenters. The zero-order valence-corrected chi connectivity index (χ0v) is 20.2. The van der Waals surface area contributed by atoms with Gasteiger partial charge in [0.2, 0.25) is 10.0 Å². The van der Waals surface area contributed by atoms with Crippen molar-refractivity contribution in [2.24, 2.45) is 33.7 Å². The molecule has 0 radical (unpaired) electrons. The van der Waals surface area contributed by atoms with Gasteiger partial charge in [0.15, 0.2) is 5.78 Å². The predicted octanol–water partition coefficient (Wildman–Crippen LogP) is 4.39. The Hall–Kier alpha value is -1.99. The number of hydrogen-bond donors (Lipinski definition) is 1. The maximum absolute atomic E-state index is 12.9. The number of ether oxygens (including phenoxy) is 1. The fourth-order valence-corrected chi connectivity index (χ4v) is 8.20. The highest BCUT2D eigenvalue weighted by molar-refractivity contribution is 7.89. The van der Waals surface area contributed by atoms with E-state index in [1.165, 1.54) is 29.8 Å². The highest BCUT2D eigenvalue weighted by Gasteiger charge is 2.60. The first-order chi connectivity index (χ1) is 15.5. The Labute approximate surface area is 196 Å². The lowest BCUT2D eigenvalue weighted by Crippen LogP contribution is -2.51. The van der Waals surface area contributed by atoms with E-state index in [9.17, 15) is 18.0 Å². The SMILES string of the molecule is C[C@]12CCC(=O)C=C1CCC1C2CC[C@@]2(C)C1CC[C@@H]2OC(=O)c1ccc(S(N)(=O)=O)cc1. The zero-order chi connectivity index (χ0) is 23.6. The Morgan fingerprint density at radius 2 is 1.73 bits per heavy atom. The van der Waals surface area contributed by atoms with E-state index in [4.69, 9.17) is 9.88 Å². The lowest BCUT2D eigenvalue weighted by atomic mass is 9.47. The molecule has 0 spiro atoms. The van der Waals surface area contributed by atoms with Crippen LogP contribution in [0.5, 0.6) is 0 Å². The fourth-order valence-electron chi connectivity index (χ4n) is 7.68. The molecule has 5 rings (SSSR count). The van der Waals surface area contributed by atoms with Crippen LogP contribution in [0.2, 0.25) is 0 Å². The molecule has 4 aliphatic rings. The number of rotatable bonds is 3. The molecule has 1 aromatic rings. The van der Waals surface area contributed by atoms with E-state index in [1.807, 2.05) is 6.08 Å². The van der Waals surface area contributed by atoms with Gasteiger partial charge in [-0.1, -0.05) is 19.4 Å². The third-order valence-corrected chi connectivity index (χ3v) is 10.5. The average molecular weight is 472 g/mol. The van der Waals surface area contributed by atoms with E-state index in [0.29, 0.717) is 29.7 Å². The molecule has 6 nitrogen and oxygen atoms in total. The molecule has 3 saturated carbocycles. The zero-order valence-electron chi connectivity index (χ0n) is 19.4. The number of esters is 1. The Bertz CT molecular complexity index is 1120. The molecule has 0 aromatic heterocycles. The molecule has 0 amide bonds. The molecule has 1 aromatic carbocycles. The maximum Gasteiger partial charge on any atom is 0.338 e. The monoisotopic (exact) mass is 471 g/mol. The highest BCUT2D eigenvalue weighted by atomic mass is 32.2. The minimum atomic E-state index is -3.80. The van der Waals surface area contributed by atoms with Crippen molar-refractivity contribution in [1.29, 1.82) is 0 Å². The van der Waals surface area contributed by atoms with Crippen molar-refractivity contribution in [1.82, 2.24) is 0 Å². The summed E-state index contributed by atoms with van der Waals surface area (Å²) in [5.41, 5.74) is 1.81. The second kappa shape index (κ2) is 7.77. The molecule has 6 atom stereocenters. The lowest BCUT2D eigenvalue weighted by Gasteiger charge is -2.57. The molecular formula is C26H33NO5S. The highest BCUT2D eigenvalue weighted by Crippen LogP contribution is 2.65. The summed E-state index contributed by atoms with van der Waals surface area (Å²) in [6.07, 6.45) is 9.63. The van der Waals surface area contributed by atoms with Crippen LogP contribution in [0.25, 0.3) is 0 Å². The topological polar surface area (TPSA) is 104 Å². The summed E-state index contributed by atoms with van der Waals surface area (Å²) >= 11 is 0. The fraction of sp³-hybridized carbons (Fsp3) is 0.615. The second-order valence-electron chi connectivity index (χ2n) is 11.1. The third-order valence-electron chi connectivity index (χ3n) is 9.54. The smallest absolute Gasteiger partial charge is 0.338 e. The van der Waals surface area contributed by atoms with Crippen molar-refractivity contribution in [2.45, 2.75) is 76.2 Å². The molecule has 178 valence electrons. The largest absolute Gasteiger partial charge is 0.458 e. The van der Waals surface area contributed by atoms with Crippen LogP contribution in [0.4, 0.5) is 0 Å². The molecule has 4 aliphatic carbocycles. The van der Waals surface area contributed by atoms with Crippen molar-refractivity contribution < 1.29 is 22.7 Å². The van der Waals surface area contributed by atoms with Crippen molar-refractivity contribution in [2.75, 3.05) is 0 Å². The van der Waals surface area contributed by atoms with E-state index >= 15 is 0 Å². The van der Waals surface area contributed by atoms with Crippen molar-refractivity contribution in [3.8, 4) is 0 Å². The van der Waals surface area contributed by atoms with Gasteiger partial charge in [0, 0.05) is 11.8 Å². The molecule has 0 bridgehead atoms. The first kappa shape index (κ1) is 22.8. The van der Waals surface area contributed by atoms with Gasteiger partial charge >= 0.3 is 5.97 Å². The molecule has 0 aliphatic heterocycles. The second-order valence-corrected chi connectivity index (χ2v) is 12.6. The third kappa shape index (κ3) is 3.68. The number of benzene rings is 1. The number of allylic oxidation sites excluding steroid dienone is 1. The van der Waals surface area contributed by atoms with Crippen LogP contribution < -0.4 is 5.14 Å². The lowest BCUT2D eigenvalue weighted by molar-refractivity contribution is -0.118. The number of fused-ring (bicyclic) bond motifs is 5. The van der Waals surface area contributed by atoms with E-state index in [2.05, 4.69) is 13.8 Å². The number of nitrogens with two attached hydrogens (primary N) is 1. The van der Waals surface area contributed by atoms with Crippen LogP contribution in [0, 0.1) is 28.6 Å². The summed E-state index contributed by atoms with van der Waals surface area (Å²) < 4.78 is 29.0. The van der Waals surface area contributed by atoms with Crippen LogP contribution in [-0.2, 0) is 19.6 Å². The van der Waals surface area contributed by atoms with Crippen LogP contribution in [0.1, 0.15) is 75.6 Å². The summed E-state index contributed by atoms with van der Waals surface area (Å²) in [5, 5.41) is 5.15. The Morgan fingerprint density at radius 1 is 1.00 bits per heavy atom. The normalized spacial score (nSPS) is 38.0. The number of carbonyl (C=O) groups is 2.